The van der Waals surface area contributed by atoms with Gasteiger partial charge < -0.3 is 9.72 Å². The van der Waals surface area contributed by atoms with Gasteiger partial charge in [0.1, 0.15) is 0 Å². The van der Waals surface area contributed by atoms with Gasteiger partial charge in [-0.15, -0.1) is 0 Å². The van der Waals surface area contributed by atoms with Crippen molar-refractivity contribution >= 4 is 23.1 Å². The van der Waals surface area contributed by atoms with Crippen LogP contribution in [0.25, 0.3) is 22.2 Å². The molecular formula is C14H11N3OS. The molecule has 0 aliphatic heterocycles. The molecule has 0 fully saturated rings. The van der Waals surface area contributed by atoms with Crippen LogP contribution in [0.3, 0.4) is 0 Å². The number of nitrogens with zero attached hydrogens (tertiary/aromatic N) is 2. The van der Waals surface area contributed by atoms with E-state index in [1.54, 1.807) is 19.6 Å². The number of hydrogen-bond donors (Lipinski definition) is 1. The number of aromatic amines is 1. The van der Waals surface area contributed by atoms with Gasteiger partial charge in [0.05, 0.1) is 24.6 Å². The summed E-state index contributed by atoms with van der Waals surface area (Å²) in [5, 5.41) is 1.10. The second kappa shape index (κ2) is 4.78. The SMILES string of the molecule is COc1c(-c2ccc3cccnc3c2)[nH]cnc1=S. The van der Waals surface area contributed by atoms with E-state index < -0.39 is 0 Å². The number of pyridine rings is 1. The second-order valence-corrected chi connectivity index (χ2v) is 4.41. The van der Waals surface area contributed by atoms with Crippen LogP contribution in [0.4, 0.5) is 0 Å². The summed E-state index contributed by atoms with van der Waals surface area (Å²) in [4.78, 5) is 11.4. The number of hydrogen-bond acceptors (Lipinski definition) is 4. The van der Waals surface area contributed by atoms with E-state index in [1.807, 2.05) is 30.3 Å². The predicted octanol–water partition coefficient (Wildman–Crippen LogP) is 3.36. The zero-order chi connectivity index (χ0) is 13.2. The van der Waals surface area contributed by atoms with Gasteiger partial charge in [-0.2, -0.15) is 0 Å². The zero-order valence-electron chi connectivity index (χ0n) is 10.3. The normalized spacial score (nSPS) is 10.6. The minimum absolute atomic E-state index is 0.442. The molecule has 0 saturated heterocycles. The fourth-order valence-corrected chi connectivity index (χ4v) is 2.25. The van der Waals surface area contributed by atoms with Crippen molar-refractivity contribution < 1.29 is 4.74 Å². The minimum atomic E-state index is 0.442. The van der Waals surface area contributed by atoms with Crippen molar-refractivity contribution in [1.82, 2.24) is 15.0 Å². The van der Waals surface area contributed by atoms with Gasteiger partial charge in [-0.3, -0.25) is 4.98 Å². The molecule has 94 valence electrons. The summed E-state index contributed by atoms with van der Waals surface area (Å²) in [5.74, 6) is 0.577. The first-order valence-electron chi connectivity index (χ1n) is 5.76. The Morgan fingerprint density at radius 2 is 2.11 bits per heavy atom. The Labute approximate surface area is 115 Å². The quantitative estimate of drug-likeness (QED) is 0.725. The number of benzene rings is 1. The highest BCUT2D eigenvalue weighted by molar-refractivity contribution is 7.71. The van der Waals surface area contributed by atoms with Crippen LogP contribution < -0.4 is 4.74 Å². The number of H-pyrrole nitrogens is 1. The van der Waals surface area contributed by atoms with Gasteiger partial charge in [0.15, 0.2) is 10.4 Å². The van der Waals surface area contributed by atoms with Gasteiger partial charge in [-0.1, -0.05) is 30.4 Å². The molecule has 0 atom stereocenters. The van der Waals surface area contributed by atoms with Crippen molar-refractivity contribution in [3.05, 3.63) is 47.5 Å². The fraction of sp³-hybridized carbons (Fsp3) is 0.0714. The van der Waals surface area contributed by atoms with Crippen molar-refractivity contribution in [3.63, 3.8) is 0 Å². The maximum atomic E-state index is 5.32. The summed E-state index contributed by atoms with van der Waals surface area (Å²) in [7, 11) is 1.59. The molecule has 5 heteroatoms. The number of aromatic nitrogens is 3. The van der Waals surface area contributed by atoms with E-state index in [0.717, 1.165) is 22.2 Å². The minimum Gasteiger partial charge on any atom is -0.491 e. The molecule has 19 heavy (non-hydrogen) atoms. The largest absolute Gasteiger partial charge is 0.491 e. The molecule has 3 rings (SSSR count). The highest BCUT2D eigenvalue weighted by Gasteiger charge is 2.09. The van der Waals surface area contributed by atoms with E-state index in [1.165, 1.54) is 0 Å². The standard InChI is InChI=1S/C14H11N3OS/c1-18-13-12(16-8-17-14(13)19)10-5-4-9-3-2-6-15-11(9)7-10/h2-8H,1H3,(H,16,17,19). The maximum Gasteiger partial charge on any atom is 0.179 e. The van der Waals surface area contributed by atoms with Gasteiger partial charge in [0.25, 0.3) is 0 Å². The molecule has 1 aromatic carbocycles. The molecule has 0 bridgehead atoms. The molecule has 3 aromatic rings. The first-order chi connectivity index (χ1) is 9.29. The average Bonchev–Trinajstić information content (AvgIpc) is 2.46. The molecule has 2 heterocycles. The Kier molecular flexibility index (Phi) is 2.97. The van der Waals surface area contributed by atoms with E-state index in [0.29, 0.717) is 10.4 Å². The van der Waals surface area contributed by atoms with Crippen LogP contribution >= 0.6 is 12.2 Å². The maximum absolute atomic E-state index is 5.32. The summed E-state index contributed by atoms with van der Waals surface area (Å²) in [5.41, 5.74) is 2.71. The highest BCUT2D eigenvalue weighted by atomic mass is 32.1. The van der Waals surface area contributed by atoms with Gasteiger partial charge >= 0.3 is 0 Å². The number of fused-ring (bicyclic) bond motifs is 1. The van der Waals surface area contributed by atoms with Crippen molar-refractivity contribution in [3.8, 4) is 17.0 Å². The van der Waals surface area contributed by atoms with E-state index >= 15 is 0 Å². The third kappa shape index (κ3) is 2.08. The Morgan fingerprint density at radius 3 is 2.95 bits per heavy atom. The lowest BCUT2D eigenvalue weighted by Gasteiger charge is -2.08. The molecule has 2 aromatic heterocycles. The Bertz CT molecular complexity index is 798. The molecule has 0 saturated carbocycles. The Morgan fingerprint density at radius 1 is 1.21 bits per heavy atom. The van der Waals surface area contributed by atoms with Gasteiger partial charge in [-0.05, 0) is 12.1 Å². The molecule has 0 unspecified atom stereocenters. The van der Waals surface area contributed by atoms with Crippen LogP contribution in [0, 0.1) is 4.64 Å². The molecule has 0 aliphatic rings. The lowest BCUT2D eigenvalue weighted by atomic mass is 10.1. The van der Waals surface area contributed by atoms with E-state index in [4.69, 9.17) is 17.0 Å². The molecule has 1 N–H and O–H groups in total. The molecule has 0 aliphatic carbocycles. The lowest BCUT2D eigenvalue weighted by Crippen LogP contribution is -1.94. The molecule has 4 nitrogen and oxygen atoms in total. The number of nitrogens with one attached hydrogen (secondary N) is 1. The topological polar surface area (TPSA) is 50.8 Å². The van der Waals surface area contributed by atoms with Crippen molar-refractivity contribution in [2.75, 3.05) is 7.11 Å². The van der Waals surface area contributed by atoms with Gasteiger partial charge in [0, 0.05) is 17.1 Å². The fourth-order valence-electron chi connectivity index (χ4n) is 2.01. The molecule has 0 spiro atoms. The van der Waals surface area contributed by atoms with Crippen LogP contribution in [-0.2, 0) is 0 Å². The zero-order valence-corrected chi connectivity index (χ0v) is 11.1. The number of methoxy groups -OCH3 is 1. The first-order valence-corrected chi connectivity index (χ1v) is 6.17. The Balaban J connectivity index is 2.25. The van der Waals surface area contributed by atoms with E-state index in [-0.39, 0.29) is 0 Å². The summed E-state index contributed by atoms with van der Waals surface area (Å²) >= 11 is 5.16. The van der Waals surface area contributed by atoms with Crippen LogP contribution in [0.5, 0.6) is 5.75 Å². The molecular weight excluding hydrogens is 258 g/mol. The van der Waals surface area contributed by atoms with Crippen LogP contribution in [0.15, 0.2) is 42.9 Å². The van der Waals surface area contributed by atoms with E-state index in [2.05, 4.69) is 15.0 Å². The van der Waals surface area contributed by atoms with Gasteiger partial charge in [-0.25, -0.2) is 4.98 Å². The van der Waals surface area contributed by atoms with E-state index in [9.17, 15) is 0 Å². The molecule has 0 amide bonds. The highest BCUT2D eigenvalue weighted by Crippen LogP contribution is 2.29. The second-order valence-electron chi connectivity index (χ2n) is 4.03. The number of rotatable bonds is 2. The third-order valence-electron chi connectivity index (χ3n) is 2.91. The van der Waals surface area contributed by atoms with Crippen molar-refractivity contribution in [1.29, 1.82) is 0 Å². The van der Waals surface area contributed by atoms with Crippen molar-refractivity contribution in [2.24, 2.45) is 0 Å². The average molecular weight is 269 g/mol. The summed E-state index contributed by atoms with van der Waals surface area (Å²) in [6.45, 7) is 0. The first kappa shape index (κ1) is 11.8. The van der Waals surface area contributed by atoms with Crippen LogP contribution in [0.1, 0.15) is 0 Å². The van der Waals surface area contributed by atoms with Gasteiger partial charge in [0.2, 0.25) is 0 Å². The summed E-state index contributed by atoms with van der Waals surface area (Å²) in [6, 6.07) is 9.97. The Hall–Kier alpha value is -2.27. The van der Waals surface area contributed by atoms with Crippen LogP contribution in [-0.4, -0.2) is 22.1 Å². The third-order valence-corrected chi connectivity index (χ3v) is 3.20. The van der Waals surface area contributed by atoms with Crippen molar-refractivity contribution in [2.45, 2.75) is 0 Å². The lowest BCUT2D eigenvalue weighted by molar-refractivity contribution is 0.411. The monoisotopic (exact) mass is 269 g/mol. The summed E-state index contributed by atoms with van der Waals surface area (Å²) < 4.78 is 5.77. The number of ether oxygens (including phenoxy) is 1. The predicted molar refractivity (Wildman–Crippen MR) is 76.7 cm³/mol. The van der Waals surface area contributed by atoms with Crippen LogP contribution in [0.2, 0.25) is 0 Å². The smallest absolute Gasteiger partial charge is 0.179 e. The molecule has 0 radical (unpaired) electrons. The summed E-state index contributed by atoms with van der Waals surface area (Å²) in [6.07, 6.45) is 3.35.